The van der Waals surface area contributed by atoms with Crippen molar-refractivity contribution in [3.05, 3.63) is 29.3 Å². The van der Waals surface area contributed by atoms with Crippen LogP contribution in [0.1, 0.15) is 39.5 Å². The molecule has 0 aliphatic carbocycles. The highest BCUT2D eigenvalue weighted by atomic mass is 35.5. The molecular weight excluding hydrogens is 426 g/mol. The lowest BCUT2D eigenvalue weighted by Crippen LogP contribution is -2.55. The normalized spacial score (nSPS) is 24.1. The Balaban J connectivity index is 1.23. The summed E-state index contributed by atoms with van der Waals surface area (Å²) < 4.78 is 0. The number of rotatable bonds is 5. The molecule has 1 aromatic rings. The lowest BCUT2D eigenvalue weighted by atomic mass is 9.75. The molecule has 1 spiro atoms. The first-order valence-corrected chi connectivity index (χ1v) is 12.2. The molecule has 3 saturated heterocycles. The van der Waals surface area contributed by atoms with Gasteiger partial charge >= 0.3 is 0 Å². The second-order valence-electron chi connectivity index (χ2n) is 10.3. The monoisotopic (exact) mass is 461 g/mol. The number of halogens is 1. The molecule has 3 aliphatic rings. The first-order chi connectivity index (χ1) is 15.2. The molecule has 2 amide bonds. The third-order valence-corrected chi connectivity index (χ3v) is 7.59. The molecule has 0 radical (unpaired) electrons. The number of piperidine rings is 1. The van der Waals surface area contributed by atoms with Crippen molar-refractivity contribution in [1.29, 1.82) is 0 Å². The largest absolute Gasteiger partial charge is 0.369 e. The average Bonchev–Trinajstić information content (AvgIpc) is 3.07. The maximum absolute atomic E-state index is 12.8. The van der Waals surface area contributed by atoms with Gasteiger partial charge < -0.3 is 20.9 Å². The zero-order valence-electron chi connectivity index (χ0n) is 19.3. The molecule has 0 aromatic heterocycles. The van der Waals surface area contributed by atoms with Crippen LogP contribution in [0, 0.1) is 5.41 Å². The number of hydrogen-bond acceptors (Lipinski definition) is 5. The Bertz CT molecular complexity index is 839. The summed E-state index contributed by atoms with van der Waals surface area (Å²) in [5.41, 5.74) is 5.99. The summed E-state index contributed by atoms with van der Waals surface area (Å²) in [5.74, 6) is 0.145. The van der Waals surface area contributed by atoms with Gasteiger partial charge in [0.1, 0.15) is 0 Å². The second kappa shape index (κ2) is 9.20. The van der Waals surface area contributed by atoms with Crippen molar-refractivity contribution in [3.63, 3.8) is 0 Å². The van der Waals surface area contributed by atoms with Gasteiger partial charge in [-0.2, -0.15) is 0 Å². The quantitative estimate of drug-likeness (QED) is 0.701. The van der Waals surface area contributed by atoms with Gasteiger partial charge in [0.2, 0.25) is 11.8 Å². The fraction of sp³-hybridized carbons (Fsp3) is 0.667. The van der Waals surface area contributed by atoms with Crippen LogP contribution in [0.5, 0.6) is 0 Å². The van der Waals surface area contributed by atoms with Crippen LogP contribution in [0.15, 0.2) is 24.3 Å². The van der Waals surface area contributed by atoms with Gasteiger partial charge in [-0.05, 0) is 57.7 Å². The Morgan fingerprint density at radius 1 is 1.19 bits per heavy atom. The molecule has 32 heavy (non-hydrogen) atoms. The van der Waals surface area contributed by atoms with E-state index < -0.39 is 5.54 Å². The van der Waals surface area contributed by atoms with Gasteiger partial charge in [0.05, 0.1) is 11.0 Å². The van der Waals surface area contributed by atoms with E-state index in [-0.39, 0.29) is 23.3 Å². The van der Waals surface area contributed by atoms with Crippen LogP contribution in [0.4, 0.5) is 5.69 Å². The average molecular weight is 462 g/mol. The van der Waals surface area contributed by atoms with E-state index in [9.17, 15) is 9.59 Å². The van der Waals surface area contributed by atoms with Gasteiger partial charge in [-0.3, -0.25) is 14.5 Å². The van der Waals surface area contributed by atoms with Crippen LogP contribution in [0.25, 0.3) is 0 Å². The summed E-state index contributed by atoms with van der Waals surface area (Å²) in [6, 6.07) is 8.27. The van der Waals surface area contributed by atoms with Crippen LogP contribution in [-0.2, 0) is 9.59 Å². The number of nitrogens with zero attached hydrogens (tertiary/aromatic N) is 3. The Hall–Kier alpha value is -1.83. The van der Waals surface area contributed by atoms with E-state index in [1.807, 2.05) is 23.1 Å². The number of likely N-dealkylation sites (tertiary alicyclic amines) is 1. The molecule has 3 fully saturated rings. The van der Waals surface area contributed by atoms with Crippen LogP contribution < -0.4 is 16.0 Å². The van der Waals surface area contributed by atoms with Gasteiger partial charge in [-0.1, -0.05) is 17.7 Å². The number of carbonyl (C=O) groups is 2. The predicted molar refractivity (Wildman–Crippen MR) is 128 cm³/mol. The Morgan fingerprint density at radius 2 is 1.88 bits per heavy atom. The summed E-state index contributed by atoms with van der Waals surface area (Å²) >= 11 is 6.14. The maximum atomic E-state index is 12.8. The van der Waals surface area contributed by atoms with Crippen LogP contribution >= 0.6 is 11.6 Å². The molecule has 1 aromatic carbocycles. The maximum Gasteiger partial charge on any atom is 0.242 e. The fourth-order valence-corrected chi connectivity index (χ4v) is 5.53. The molecule has 176 valence electrons. The van der Waals surface area contributed by atoms with Crippen molar-refractivity contribution < 1.29 is 9.59 Å². The van der Waals surface area contributed by atoms with E-state index in [0.717, 1.165) is 63.4 Å². The molecule has 3 N–H and O–H groups in total. The number of anilines is 1. The third kappa shape index (κ3) is 5.05. The van der Waals surface area contributed by atoms with Gasteiger partial charge in [-0.15, -0.1) is 0 Å². The number of nitrogens with two attached hydrogens (primary N) is 1. The van der Waals surface area contributed by atoms with Crippen LogP contribution in [0.2, 0.25) is 5.02 Å². The van der Waals surface area contributed by atoms with Crippen LogP contribution in [0.3, 0.4) is 0 Å². The summed E-state index contributed by atoms with van der Waals surface area (Å²) in [4.78, 5) is 32.0. The molecule has 8 heteroatoms. The molecule has 4 rings (SSSR count). The zero-order chi connectivity index (χ0) is 22.9. The number of piperazine rings is 1. The minimum absolute atomic E-state index is 0.0285. The van der Waals surface area contributed by atoms with Crippen LogP contribution in [-0.4, -0.2) is 79.0 Å². The van der Waals surface area contributed by atoms with E-state index in [1.165, 1.54) is 5.69 Å². The standard InChI is InChI=1S/C24H36ClN5O2/c1-23(2,26)22(32)30-10-7-24(8-11-30)17-19(27-21(24)31)6-9-28-12-14-29(15-13-28)20-5-3-4-18(25)16-20/h3-5,16,19H,6-15,17,26H2,1-2H3,(H,27,31)/t19-/m0/s1. The molecule has 0 saturated carbocycles. The molecular formula is C24H36ClN5O2. The van der Waals surface area contributed by atoms with Crippen molar-refractivity contribution in [2.75, 3.05) is 50.7 Å². The summed E-state index contributed by atoms with van der Waals surface area (Å²) in [5, 5.41) is 4.03. The Labute approximate surface area is 196 Å². The molecule has 0 bridgehead atoms. The highest BCUT2D eigenvalue weighted by Crippen LogP contribution is 2.41. The van der Waals surface area contributed by atoms with E-state index in [1.54, 1.807) is 13.8 Å². The number of carbonyl (C=O) groups excluding carboxylic acids is 2. The first kappa shape index (κ1) is 23.3. The molecule has 1 atom stereocenters. The first-order valence-electron chi connectivity index (χ1n) is 11.8. The smallest absolute Gasteiger partial charge is 0.242 e. The Morgan fingerprint density at radius 3 is 2.50 bits per heavy atom. The number of nitrogens with one attached hydrogen (secondary N) is 1. The van der Waals surface area contributed by atoms with E-state index >= 15 is 0 Å². The molecule has 0 unspecified atom stereocenters. The minimum atomic E-state index is -0.859. The molecule has 3 aliphatic heterocycles. The predicted octanol–water partition coefficient (Wildman–Crippen LogP) is 2.09. The zero-order valence-corrected chi connectivity index (χ0v) is 20.0. The molecule has 3 heterocycles. The SMILES string of the molecule is CC(C)(N)C(=O)N1CCC2(CC1)C[C@H](CCN1CCN(c3cccc(Cl)c3)CC1)NC2=O. The lowest BCUT2D eigenvalue weighted by molar-refractivity contribution is -0.141. The fourth-order valence-electron chi connectivity index (χ4n) is 5.35. The topological polar surface area (TPSA) is 81.9 Å². The van der Waals surface area contributed by atoms with Gasteiger partial charge in [0, 0.05) is 62.6 Å². The highest BCUT2D eigenvalue weighted by Gasteiger charge is 2.49. The van der Waals surface area contributed by atoms with Crippen molar-refractivity contribution >= 4 is 29.1 Å². The highest BCUT2D eigenvalue weighted by molar-refractivity contribution is 6.30. The number of benzene rings is 1. The summed E-state index contributed by atoms with van der Waals surface area (Å²) in [6.07, 6.45) is 3.32. The number of amides is 2. The molecule has 7 nitrogen and oxygen atoms in total. The summed E-state index contributed by atoms with van der Waals surface area (Å²) in [6.45, 7) is 9.73. The van der Waals surface area contributed by atoms with Crippen molar-refractivity contribution in [1.82, 2.24) is 15.1 Å². The second-order valence-corrected chi connectivity index (χ2v) is 10.7. The third-order valence-electron chi connectivity index (χ3n) is 7.35. The minimum Gasteiger partial charge on any atom is -0.369 e. The van der Waals surface area contributed by atoms with E-state index in [4.69, 9.17) is 17.3 Å². The summed E-state index contributed by atoms with van der Waals surface area (Å²) in [7, 11) is 0. The lowest BCUT2D eigenvalue weighted by Gasteiger charge is -2.39. The van der Waals surface area contributed by atoms with Gasteiger partial charge in [0.25, 0.3) is 0 Å². The van der Waals surface area contributed by atoms with E-state index in [0.29, 0.717) is 13.1 Å². The number of hydrogen-bond donors (Lipinski definition) is 2. The van der Waals surface area contributed by atoms with E-state index in [2.05, 4.69) is 21.2 Å². The Kier molecular flexibility index (Phi) is 6.71. The van der Waals surface area contributed by atoms with Gasteiger partial charge in [-0.25, -0.2) is 0 Å². The van der Waals surface area contributed by atoms with Crippen molar-refractivity contribution in [2.24, 2.45) is 11.1 Å². The van der Waals surface area contributed by atoms with Crippen molar-refractivity contribution in [2.45, 2.75) is 51.1 Å². The van der Waals surface area contributed by atoms with Crippen molar-refractivity contribution in [3.8, 4) is 0 Å². The van der Waals surface area contributed by atoms with Gasteiger partial charge in [0.15, 0.2) is 0 Å².